The van der Waals surface area contributed by atoms with Gasteiger partial charge in [-0.3, -0.25) is 4.79 Å². The Hall–Kier alpha value is -0.770. The molecule has 14 heavy (non-hydrogen) atoms. The van der Waals surface area contributed by atoms with Crippen LogP contribution in [0, 0.1) is 11.3 Å². The lowest BCUT2D eigenvalue weighted by atomic mass is 9.84. The average Bonchev–Trinajstić information content (AvgIpc) is 2.10. The second kappa shape index (κ2) is 5.20. The quantitative estimate of drug-likeness (QED) is 0.433. The standard InChI is InChI=1S/C9H17ClN2O2/c1-9(2,3)5-6(7(10)12-14)8(13)11-4/h6,14H,5H2,1-4H3,(H,11,13)/b12-7-. The lowest BCUT2D eigenvalue weighted by molar-refractivity contribution is -0.123. The Labute approximate surface area is 89.3 Å². The summed E-state index contributed by atoms with van der Waals surface area (Å²) < 4.78 is 0. The van der Waals surface area contributed by atoms with E-state index in [4.69, 9.17) is 16.8 Å². The summed E-state index contributed by atoms with van der Waals surface area (Å²) in [5.41, 5.74) is -0.0536. The summed E-state index contributed by atoms with van der Waals surface area (Å²) in [4.78, 5) is 11.4. The van der Waals surface area contributed by atoms with Crippen molar-refractivity contribution >= 4 is 22.7 Å². The van der Waals surface area contributed by atoms with Gasteiger partial charge in [-0.1, -0.05) is 37.5 Å². The lowest BCUT2D eigenvalue weighted by Crippen LogP contribution is -2.34. The molecule has 0 saturated heterocycles. The molecule has 0 aromatic heterocycles. The summed E-state index contributed by atoms with van der Waals surface area (Å²) in [6.45, 7) is 5.97. The topological polar surface area (TPSA) is 61.7 Å². The zero-order chi connectivity index (χ0) is 11.4. The summed E-state index contributed by atoms with van der Waals surface area (Å²) in [6, 6.07) is 0. The number of nitrogens with zero attached hydrogens (tertiary/aromatic N) is 1. The van der Waals surface area contributed by atoms with Gasteiger partial charge in [-0.2, -0.15) is 0 Å². The van der Waals surface area contributed by atoms with Gasteiger partial charge in [0.2, 0.25) is 5.91 Å². The minimum atomic E-state index is -0.577. The predicted molar refractivity (Wildman–Crippen MR) is 56.7 cm³/mol. The van der Waals surface area contributed by atoms with Crippen molar-refractivity contribution in [3.05, 3.63) is 0 Å². The number of amides is 1. The molecular weight excluding hydrogens is 204 g/mol. The molecule has 0 aliphatic rings. The van der Waals surface area contributed by atoms with Gasteiger partial charge in [0.15, 0.2) is 5.17 Å². The third-order valence-electron chi connectivity index (χ3n) is 1.76. The Bertz CT molecular complexity index is 233. The van der Waals surface area contributed by atoms with Crippen molar-refractivity contribution < 1.29 is 10.0 Å². The maximum atomic E-state index is 11.4. The van der Waals surface area contributed by atoms with Crippen LogP contribution in [-0.2, 0) is 4.79 Å². The van der Waals surface area contributed by atoms with E-state index in [1.807, 2.05) is 20.8 Å². The third-order valence-corrected chi connectivity index (χ3v) is 2.10. The number of carbonyl (C=O) groups excluding carboxylic acids is 1. The van der Waals surface area contributed by atoms with E-state index in [9.17, 15) is 4.79 Å². The van der Waals surface area contributed by atoms with Gasteiger partial charge in [0.1, 0.15) is 0 Å². The molecule has 0 fully saturated rings. The van der Waals surface area contributed by atoms with Crippen molar-refractivity contribution in [2.45, 2.75) is 27.2 Å². The van der Waals surface area contributed by atoms with E-state index in [1.165, 1.54) is 7.05 Å². The van der Waals surface area contributed by atoms with Gasteiger partial charge in [0.05, 0.1) is 5.92 Å². The molecular formula is C9H17ClN2O2. The van der Waals surface area contributed by atoms with Crippen molar-refractivity contribution in [1.29, 1.82) is 0 Å². The summed E-state index contributed by atoms with van der Waals surface area (Å²) >= 11 is 5.65. The Morgan fingerprint density at radius 3 is 2.36 bits per heavy atom. The van der Waals surface area contributed by atoms with Gasteiger partial charge in [0, 0.05) is 7.05 Å². The molecule has 0 radical (unpaired) electrons. The molecule has 0 heterocycles. The van der Waals surface area contributed by atoms with Crippen LogP contribution in [0.15, 0.2) is 5.16 Å². The van der Waals surface area contributed by atoms with Crippen LogP contribution >= 0.6 is 11.6 Å². The Morgan fingerprint density at radius 1 is 1.57 bits per heavy atom. The maximum absolute atomic E-state index is 11.4. The van der Waals surface area contributed by atoms with E-state index in [-0.39, 0.29) is 16.5 Å². The van der Waals surface area contributed by atoms with E-state index in [0.717, 1.165) is 0 Å². The monoisotopic (exact) mass is 220 g/mol. The van der Waals surface area contributed by atoms with E-state index in [1.54, 1.807) is 0 Å². The first-order valence-corrected chi connectivity index (χ1v) is 4.78. The first-order valence-electron chi connectivity index (χ1n) is 4.41. The molecule has 1 amide bonds. The van der Waals surface area contributed by atoms with E-state index in [2.05, 4.69) is 10.5 Å². The van der Waals surface area contributed by atoms with E-state index in [0.29, 0.717) is 6.42 Å². The molecule has 0 spiro atoms. The minimum Gasteiger partial charge on any atom is -0.410 e. The van der Waals surface area contributed by atoms with Crippen LogP contribution in [0.2, 0.25) is 0 Å². The van der Waals surface area contributed by atoms with Crippen molar-refractivity contribution in [3.63, 3.8) is 0 Å². The van der Waals surface area contributed by atoms with Crippen LogP contribution in [0.4, 0.5) is 0 Å². The molecule has 4 nitrogen and oxygen atoms in total. The van der Waals surface area contributed by atoms with Crippen LogP contribution in [0.3, 0.4) is 0 Å². The third kappa shape index (κ3) is 4.46. The van der Waals surface area contributed by atoms with Crippen LogP contribution in [-0.4, -0.2) is 23.3 Å². The number of halogens is 1. The van der Waals surface area contributed by atoms with E-state index >= 15 is 0 Å². The first-order chi connectivity index (χ1) is 6.31. The number of hydrogen-bond donors (Lipinski definition) is 2. The fraction of sp³-hybridized carbons (Fsp3) is 0.778. The molecule has 2 N–H and O–H groups in total. The molecule has 0 aliphatic carbocycles. The Morgan fingerprint density at radius 2 is 2.07 bits per heavy atom. The Balaban J connectivity index is 4.66. The second-order valence-corrected chi connectivity index (χ2v) is 4.74. The van der Waals surface area contributed by atoms with Gasteiger partial charge < -0.3 is 10.5 Å². The Kier molecular flexibility index (Phi) is 4.91. The number of hydrogen-bond acceptors (Lipinski definition) is 3. The highest BCUT2D eigenvalue weighted by molar-refractivity contribution is 6.67. The minimum absolute atomic E-state index is 0.0536. The lowest BCUT2D eigenvalue weighted by Gasteiger charge is -2.23. The van der Waals surface area contributed by atoms with Gasteiger partial charge in [-0.05, 0) is 11.8 Å². The second-order valence-electron chi connectivity index (χ2n) is 4.35. The highest BCUT2D eigenvalue weighted by atomic mass is 35.5. The largest absolute Gasteiger partial charge is 0.410 e. The van der Waals surface area contributed by atoms with Gasteiger partial charge in [0.25, 0.3) is 0 Å². The molecule has 1 unspecified atom stereocenters. The highest BCUT2D eigenvalue weighted by Crippen LogP contribution is 2.26. The highest BCUT2D eigenvalue weighted by Gasteiger charge is 2.28. The molecule has 0 aromatic carbocycles. The van der Waals surface area contributed by atoms with Crippen LogP contribution in [0.1, 0.15) is 27.2 Å². The fourth-order valence-electron chi connectivity index (χ4n) is 1.14. The molecule has 0 aliphatic heterocycles. The molecule has 0 saturated carbocycles. The zero-order valence-electron chi connectivity index (χ0n) is 8.97. The fourth-order valence-corrected chi connectivity index (χ4v) is 1.32. The van der Waals surface area contributed by atoms with Gasteiger partial charge in [-0.15, -0.1) is 0 Å². The molecule has 0 bridgehead atoms. The van der Waals surface area contributed by atoms with Crippen LogP contribution in [0.5, 0.6) is 0 Å². The van der Waals surface area contributed by atoms with Crippen LogP contribution in [0.25, 0.3) is 0 Å². The van der Waals surface area contributed by atoms with Crippen molar-refractivity contribution in [3.8, 4) is 0 Å². The summed E-state index contributed by atoms with van der Waals surface area (Å²) in [7, 11) is 1.53. The van der Waals surface area contributed by atoms with Gasteiger partial charge in [-0.25, -0.2) is 0 Å². The first kappa shape index (κ1) is 13.2. The van der Waals surface area contributed by atoms with Crippen LogP contribution < -0.4 is 5.32 Å². The van der Waals surface area contributed by atoms with E-state index < -0.39 is 5.92 Å². The SMILES string of the molecule is CNC(=O)C(CC(C)(C)C)/C(Cl)=N/O. The summed E-state index contributed by atoms with van der Waals surface area (Å²) in [6.07, 6.45) is 0.537. The molecule has 1 atom stereocenters. The smallest absolute Gasteiger partial charge is 0.229 e. The maximum Gasteiger partial charge on any atom is 0.229 e. The number of carbonyl (C=O) groups is 1. The zero-order valence-corrected chi connectivity index (χ0v) is 9.72. The summed E-state index contributed by atoms with van der Waals surface area (Å²) in [5.74, 6) is -0.811. The number of nitrogens with one attached hydrogen (secondary N) is 1. The molecule has 0 rings (SSSR count). The van der Waals surface area contributed by atoms with Crippen molar-refractivity contribution in [2.75, 3.05) is 7.05 Å². The average molecular weight is 221 g/mol. The normalized spacial score (nSPS) is 15.1. The predicted octanol–water partition coefficient (Wildman–Crippen LogP) is 1.81. The number of rotatable bonds is 3. The molecule has 5 heteroatoms. The van der Waals surface area contributed by atoms with Gasteiger partial charge >= 0.3 is 0 Å². The number of oxime groups is 1. The summed E-state index contributed by atoms with van der Waals surface area (Å²) in [5, 5.41) is 13.8. The van der Waals surface area contributed by atoms with Crippen molar-refractivity contribution in [1.82, 2.24) is 5.32 Å². The molecule has 0 aromatic rings. The molecule has 82 valence electrons. The van der Waals surface area contributed by atoms with Crippen molar-refractivity contribution in [2.24, 2.45) is 16.5 Å².